The lowest BCUT2D eigenvalue weighted by Crippen LogP contribution is -2.33. The predicted molar refractivity (Wildman–Crippen MR) is 58.9 cm³/mol. The highest BCUT2D eigenvalue weighted by Crippen LogP contribution is 2.10. The van der Waals surface area contributed by atoms with Crippen molar-refractivity contribution in [1.29, 1.82) is 0 Å². The van der Waals surface area contributed by atoms with Gasteiger partial charge in [0.1, 0.15) is 6.54 Å². The summed E-state index contributed by atoms with van der Waals surface area (Å²) in [4.78, 5) is 13.6. The molecule has 0 aromatic carbocycles. The third-order valence-electron chi connectivity index (χ3n) is 2.90. The van der Waals surface area contributed by atoms with Crippen LogP contribution in [0.15, 0.2) is 6.07 Å². The second-order valence-electron chi connectivity index (χ2n) is 4.37. The number of β-amino-alcohol motifs (C(OH)–C–C–N with tert-alkyl or cyclic N) is 1. The Morgan fingerprint density at radius 2 is 2.38 bits per heavy atom. The van der Waals surface area contributed by atoms with Gasteiger partial charge < -0.3 is 10.0 Å². The number of nitrogens with zero attached hydrogens (tertiary/aromatic N) is 3. The van der Waals surface area contributed by atoms with E-state index in [1.54, 1.807) is 9.58 Å². The molecule has 5 heteroatoms. The molecular formula is C11H17N3O2. The van der Waals surface area contributed by atoms with Crippen molar-refractivity contribution in [2.24, 2.45) is 0 Å². The summed E-state index contributed by atoms with van der Waals surface area (Å²) < 4.78 is 1.71. The normalized spacial score (nSPS) is 20.4. The van der Waals surface area contributed by atoms with E-state index in [0.717, 1.165) is 11.4 Å². The van der Waals surface area contributed by atoms with Crippen molar-refractivity contribution in [3.63, 3.8) is 0 Å². The zero-order chi connectivity index (χ0) is 11.7. The van der Waals surface area contributed by atoms with Gasteiger partial charge in [-0.2, -0.15) is 5.10 Å². The summed E-state index contributed by atoms with van der Waals surface area (Å²) in [5.74, 6) is 0.0303. The zero-order valence-corrected chi connectivity index (χ0v) is 9.68. The van der Waals surface area contributed by atoms with Crippen molar-refractivity contribution >= 4 is 5.91 Å². The number of carbonyl (C=O) groups excluding carboxylic acids is 1. The lowest BCUT2D eigenvalue weighted by Gasteiger charge is -2.15. The van der Waals surface area contributed by atoms with E-state index in [2.05, 4.69) is 5.10 Å². The van der Waals surface area contributed by atoms with Gasteiger partial charge in [0, 0.05) is 18.8 Å². The van der Waals surface area contributed by atoms with Crippen LogP contribution in [0.25, 0.3) is 0 Å². The highest BCUT2D eigenvalue weighted by atomic mass is 16.3. The average molecular weight is 223 g/mol. The molecule has 1 aromatic heterocycles. The first-order valence-corrected chi connectivity index (χ1v) is 5.53. The van der Waals surface area contributed by atoms with Gasteiger partial charge >= 0.3 is 0 Å². The van der Waals surface area contributed by atoms with Crippen molar-refractivity contribution in [2.75, 3.05) is 13.1 Å². The summed E-state index contributed by atoms with van der Waals surface area (Å²) in [6.07, 6.45) is 0.326. The number of aliphatic hydroxyl groups is 1. The van der Waals surface area contributed by atoms with E-state index in [1.165, 1.54) is 0 Å². The van der Waals surface area contributed by atoms with E-state index in [1.807, 2.05) is 19.9 Å². The van der Waals surface area contributed by atoms with Crippen LogP contribution in [0.4, 0.5) is 0 Å². The molecule has 16 heavy (non-hydrogen) atoms. The minimum atomic E-state index is -0.357. The molecule has 1 saturated heterocycles. The molecule has 0 aliphatic carbocycles. The van der Waals surface area contributed by atoms with Crippen molar-refractivity contribution in [3.05, 3.63) is 17.5 Å². The van der Waals surface area contributed by atoms with E-state index >= 15 is 0 Å². The fourth-order valence-electron chi connectivity index (χ4n) is 2.03. The molecule has 0 unspecified atom stereocenters. The average Bonchev–Trinajstić information content (AvgIpc) is 2.74. The molecule has 0 spiro atoms. The Kier molecular flexibility index (Phi) is 2.96. The molecule has 5 nitrogen and oxygen atoms in total. The number of aliphatic hydroxyl groups excluding tert-OH is 1. The maximum Gasteiger partial charge on any atom is 0.244 e. The van der Waals surface area contributed by atoms with Crippen LogP contribution < -0.4 is 0 Å². The fourth-order valence-corrected chi connectivity index (χ4v) is 2.03. The molecule has 0 radical (unpaired) electrons. The molecule has 1 aliphatic heterocycles. The first-order chi connectivity index (χ1) is 7.56. The van der Waals surface area contributed by atoms with Gasteiger partial charge in [0.05, 0.1) is 11.8 Å². The highest BCUT2D eigenvalue weighted by molar-refractivity contribution is 5.76. The van der Waals surface area contributed by atoms with Crippen molar-refractivity contribution in [3.8, 4) is 0 Å². The van der Waals surface area contributed by atoms with Crippen LogP contribution >= 0.6 is 0 Å². The monoisotopic (exact) mass is 223 g/mol. The number of aryl methyl sites for hydroxylation is 2. The predicted octanol–water partition coefficient (Wildman–Crippen LogP) is 0.0931. The molecule has 0 bridgehead atoms. The van der Waals surface area contributed by atoms with Gasteiger partial charge in [-0.3, -0.25) is 9.48 Å². The van der Waals surface area contributed by atoms with Crippen LogP contribution in [0.3, 0.4) is 0 Å². The molecule has 88 valence electrons. The molecule has 1 amide bonds. The summed E-state index contributed by atoms with van der Waals surface area (Å²) in [7, 11) is 0. The van der Waals surface area contributed by atoms with Crippen LogP contribution in [0.5, 0.6) is 0 Å². The summed E-state index contributed by atoms with van der Waals surface area (Å²) in [5, 5.41) is 13.6. The van der Waals surface area contributed by atoms with Gasteiger partial charge in [0.2, 0.25) is 5.91 Å². The number of amides is 1. The van der Waals surface area contributed by atoms with Crippen molar-refractivity contribution in [2.45, 2.75) is 32.9 Å². The number of likely N-dealkylation sites (tertiary alicyclic amines) is 1. The Bertz CT molecular complexity index is 400. The number of carbonyl (C=O) groups is 1. The maximum atomic E-state index is 11.9. The third kappa shape index (κ3) is 2.24. The Morgan fingerprint density at radius 3 is 2.88 bits per heavy atom. The van der Waals surface area contributed by atoms with Crippen LogP contribution in [0.2, 0.25) is 0 Å². The lowest BCUT2D eigenvalue weighted by molar-refractivity contribution is -0.131. The van der Waals surface area contributed by atoms with Gasteiger partial charge in [-0.25, -0.2) is 0 Å². The molecule has 0 saturated carbocycles. The minimum absolute atomic E-state index is 0.0303. The summed E-state index contributed by atoms with van der Waals surface area (Å²) in [6.45, 7) is 5.23. The van der Waals surface area contributed by atoms with Crippen LogP contribution in [0, 0.1) is 13.8 Å². The highest BCUT2D eigenvalue weighted by Gasteiger charge is 2.24. The van der Waals surface area contributed by atoms with E-state index in [0.29, 0.717) is 19.5 Å². The molecule has 2 rings (SSSR count). The Balaban J connectivity index is 1.99. The third-order valence-corrected chi connectivity index (χ3v) is 2.90. The Morgan fingerprint density at radius 1 is 1.62 bits per heavy atom. The number of rotatable bonds is 2. The van der Waals surface area contributed by atoms with Crippen LogP contribution in [0.1, 0.15) is 17.8 Å². The molecule has 1 aromatic rings. The van der Waals surface area contributed by atoms with E-state index in [-0.39, 0.29) is 18.6 Å². The minimum Gasteiger partial charge on any atom is -0.391 e. The first-order valence-electron chi connectivity index (χ1n) is 5.53. The molecule has 1 fully saturated rings. The van der Waals surface area contributed by atoms with Gasteiger partial charge in [-0.15, -0.1) is 0 Å². The molecular weight excluding hydrogens is 206 g/mol. The Hall–Kier alpha value is -1.36. The first kappa shape index (κ1) is 11.1. The second-order valence-corrected chi connectivity index (χ2v) is 4.37. The smallest absolute Gasteiger partial charge is 0.244 e. The maximum absolute atomic E-state index is 11.9. The standard InChI is InChI=1S/C11H17N3O2/c1-8-5-9(2)14(12-8)7-11(16)13-4-3-10(15)6-13/h5,10,15H,3-4,6-7H2,1-2H3/t10-/m1/s1. The summed E-state index contributed by atoms with van der Waals surface area (Å²) >= 11 is 0. The van der Waals surface area contributed by atoms with E-state index in [4.69, 9.17) is 0 Å². The second kappa shape index (κ2) is 4.25. The number of hydrogen-bond acceptors (Lipinski definition) is 3. The van der Waals surface area contributed by atoms with Crippen LogP contribution in [-0.2, 0) is 11.3 Å². The molecule has 2 heterocycles. The lowest BCUT2D eigenvalue weighted by atomic mass is 10.3. The van der Waals surface area contributed by atoms with Gasteiger partial charge in [0.15, 0.2) is 0 Å². The zero-order valence-electron chi connectivity index (χ0n) is 9.68. The molecule has 1 N–H and O–H groups in total. The van der Waals surface area contributed by atoms with E-state index < -0.39 is 0 Å². The van der Waals surface area contributed by atoms with Gasteiger partial charge in [0.25, 0.3) is 0 Å². The van der Waals surface area contributed by atoms with Crippen LogP contribution in [-0.4, -0.2) is 44.9 Å². The van der Waals surface area contributed by atoms with Gasteiger partial charge in [-0.1, -0.05) is 0 Å². The largest absolute Gasteiger partial charge is 0.391 e. The fraction of sp³-hybridized carbons (Fsp3) is 0.636. The van der Waals surface area contributed by atoms with E-state index in [9.17, 15) is 9.90 Å². The van der Waals surface area contributed by atoms with Crippen molar-refractivity contribution in [1.82, 2.24) is 14.7 Å². The Labute approximate surface area is 94.7 Å². The molecule has 1 atom stereocenters. The summed E-state index contributed by atoms with van der Waals surface area (Å²) in [5.41, 5.74) is 1.91. The van der Waals surface area contributed by atoms with Crippen molar-refractivity contribution < 1.29 is 9.90 Å². The molecule has 1 aliphatic rings. The SMILES string of the molecule is Cc1cc(C)n(CC(=O)N2CC[C@@H](O)C2)n1. The topological polar surface area (TPSA) is 58.4 Å². The summed E-state index contributed by atoms with van der Waals surface area (Å²) in [6, 6.07) is 1.95. The van der Waals surface area contributed by atoms with Gasteiger partial charge in [-0.05, 0) is 26.3 Å². The number of aromatic nitrogens is 2. The quantitative estimate of drug-likeness (QED) is 0.773. The number of hydrogen-bond donors (Lipinski definition) is 1.